The van der Waals surface area contributed by atoms with E-state index in [4.69, 9.17) is 4.74 Å². The second-order valence-corrected chi connectivity index (χ2v) is 7.82. The minimum Gasteiger partial charge on any atom is -0.444 e. The molecule has 2 unspecified atom stereocenters. The molecule has 24 heavy (non-hydrogen) atoms. The molecule has 5 heteroatoms. The molecule has 2 aliphatic rings. The van der Waals surface area contributed by atoms with E-state index in [0.717, 1.165) is 12.8 Å². The summed E-state index contributed by atoms with van der Waals surface area (Å²) in [6, 6.07) is 5.94. The number of Topliss-reactive ketones (excluding diaryl/α,β-unsaturated/α-hetero) is 1. The van der Waals surface area contributed by atoms with E-state index in [0.29, 0.717) is 18.4 Å². The highest BCUT2D eigenvalue weighted by Crippen LogP contribution is 2.40. The largest absolute Gasteiger partial charge is 0.444 e. The van der Waals surface area contributed by atoms with Crippen molar-refractivity contribution in [1.82, 2.24) is 4.90 Å². The molecule has 2 bridgehead atoms. The van der Waals surface area contributed by atoms with Crippen molar-refractivity contribution in [3.63, 3.8) is 0 Å². The number of rotatable bonds is 2. The molecule has 1 aromatic rings. The van der Waals surface area contributed by atoms with Gasteiger partial charge in [0.2, 0.25) is 0 Å². The van der Waals surface area contributed by atoms with Gasteiger partial charge in [-0.1, -0.05) is 12.1 Å². The summed E-state index contributed by atoms with van der Waals surface area (Å²) in [5, 5.41) is 0. The van der Waals surface area contributed by atoms with Crippen LogP contribution in [0.1, 0.15) is 56.8 Å². The minimum atomic E-state index is -0.523. The van der Waals surface area contributed by atoms with E-state index >= 15 is 0 Å². The fourth-order valence-electron chi connectivity index (χ4n) is 3.88. The van der Waals surface area contributed by atoms with Gasteiger partial charge in [0.25, 0.3) is 0 Å². The number of ketones is 1. The molecule has 1 amide bonds. The summed E-state index contributed by atoms with van der Waals surface area (Å²) in [5.41, 5.74) is -0.102. The van der Waals surface area contributed by atoms with Crippen molar-refractivity contribution >= 4 is 11.9 Å². The maximum atomic E-state index is 13.4. The van der Waals surface area contributed by atoms with Crippen molar-refractivity contribution < 1.29 is 18.7 Å². The molecule has 0 aliphatic carbocycles. The number of carbonyl (C=O) groups excluding carboxylic acids is 2. The minimum absolute atomic E-state index is 0.0183. The highest BCUT2D eigenvalue weighted by atomic mass is 19.1. The smallest absolute Gasteiger partial charge is 0.410 e. The van der Waals surface area contributed by atoms with Gasteiger partial charge in [0.15, 0.2) is 5.78 Å². The molecule has 2 atom stereocenters. The number of nitrogens with zero attached hydrogens (tertiary/aromatic N) is 1. The summed E-state index contributed by atoms with van der Waals surface area (Å²) < 4.78 is 18.9. The Balaban J connectivity index is 1.71. The zero-order valence-corrected chi connectivity index (χ0v) is 14.4. The second kappa shape index (κ2) is 6.19. The Hall–Kier alpha value is -1.91. The third-order valence-electron chi connectivity index (χ3n) is 4.82. The predicted octanol–water partition coefficient (Wildman–Crippen LogP) is 4.19. The molecule has 0 spiro atoms. The Morgan fingerprint density at radius 2 is 1.79 bits per heavy atom. The normalized spacial score (nSPS) is 26.3. The third kappa shape index (κ3) is 3.45. The molecule has 2 aliphatic heterocycles. The average Bonchev–Trinajstić information content (AvgIpc) is 2.75. The van der Waals surface area contributed by atoms with Crippen LogP contribution in [-0.4, -0.2) is 34.5 Å². The van der Waals surface area contributed by atoms with Crippen LogP contribution in [0.2, 0.25) is 0 Å². The monoisotopic (exact) mass is 333 g/mol. The molecule has 0 radical (unpaired) electrons. The maximum Gasteiger partial charge on any atom is 0.410 e. The van der Waals surface area contributed by atoms with Crippen LogP contribution < -0.4 is 0 Å². The fraction of sp³-hybridized carbons (Fsp3) is 0.579. The van der Waals surface area contributed by atoms with Gasteiger partial charge in [0.1, 0.15) is 11.4 Å². The lowest BCUT2D eigenvalue weighted by Gasteiger charge is -2.39. The first-order valence-corrected chi connectivity index (χ1v) is 8.56. The second-order valence-electron chi connectivity index (χ2n) is 7.82. The SMILES string of the molecule is CC(C)(C)OC(=O)N1C2CCC1CC(C(=O)c1cccc(F)c1)C2. The molecule has 0 N–H and O–H groups in total. The summed E-state index contributed by atoms with van der Waals surface area (Å²) in [5.74, 6) is -0.562. The molecular formula is C19H24FNO3. The Kier molecular flexibility index (Phi) is 4.37. The van der Waals surface area contributed by atoms with Crippen LogP contribution in [0.4, 0.5) is 9.18 Å². The van der Waals surface area contributed by atoms with E-state index in [1.54, 1.807) is 12.1 Å². The number of hydrogen-bond donors (Lipinski definition) is 0. The van der Waals surface area contributed by atoms with E-state index in [9.17, 15) is 14.0 Å². The van der Waals surface area contributed by atoms with Crippen LogP contribution in [0, 0.1) is 11.7 Å². The van der Waals surface area contributed by atoms with Crippen molar-refractivity contribution in [2.24, 2.45) is 5.92 Å². The van der Waals surface area contributed by atoms with Gasteiger partial charge < -0.3 is 9.64 Å². The molecule has 2 fully saturated rings. The lowest BCUT2D eigenvalue weighted by molar-refractivity contribution is 0.00254. The topological polar surface area (TPSA) is 46.6 Å². The summed E-state index contributed by atoms with van der Waals surface area (Å²) >= 11 is 0. The van der Waals surface area contributed by atoms with E-state index in [1.807, 2.05) is 25.7 Å². The van der Waals surface area contributed by atoms with Crippen molar-refractivity contribution in [3.8, 4) is 0 Å². The lowest BCUT2D eigenvalue weighted by Crippen LogP contribution is -2.49. The molecule has 3 rings (SSSR count). The maximum absolute atomic E-state index is 13.4. The molecular weight excluding hydrogens is 309 g/mol. The first kappa shape index (κ1) is 16.9. The standard InChI is InChI=1S/C19H24FNO3/c1-19(2,3)24-18(23)21-15-7-8-16(21)11-13(10-15)17(22)12-5-4-6-14(20)9-12/h4-6,9,13,15-16H,7-8,10-11H2,1-3H3. The summed E-state index contributed by atoms with van der Waals surface area (Å²) in [4.78, 5) is 26.9. The quantitative estimate of drug-likeness (QED) is 0.763. The van der Waals surface area contributed by atoms with Gasteiger partial charge in [-0.25, -0.2) is 9.18 Å². The third-order valence-corrected chi connectivity index (χ3v) is 4.82. The summed E-state index contributed by atoms with van der Waals surface area (Å²) in [6.07, 6.45) is 2.77. The first-order chi connectivity index (χ1) is 11.2. The molecule has 2 saturated heterocycles. The summed E-state index contributed by atoms with van der Waals surface area (Å²) in [6.45, 7) is 5.56. The van der Waals surface area contributed by atoms with Gasteiger partial charge in [0.05, 0.1) is 0 Å². The molecule has 2 heterocycles. The van der Waals surface area contributed by atoms with Crippen LogP contribution in [0.5, 0.6) is 0 Å². The Morgan fingerprint density at radius 3 is 2.33 bits per heavy atom. The van der Waals surface area contributed by atoms with E-state index in [2.05, 4.69) is 0 Å². The van der Waals surface area contributed by atoms with Gasteiger partial charge in [-0.2, -0.15) is 0 Å². The first-order valence-electron chi connectivity index (χ1n) is 8.56. The zero-order chi connectivity index (χ0) is 17.5. The van der Waals surface area contributed by atoms with Crippen LogP contribution in [0.3, 0.4) is 0 Å². The number of fused-ring (bicyclic) bond motifs is 2. The van der Waals surface area contributed by atoms with Crippen molar-refractivity contribution in [1.29, 1.82) is 0 Å². The zero-order valence-electron chi connectivity index (χ0n) is 14.4. The molecule has 0 saturated carbocycles. The van der Waals surface area contributed by atoms with Gasteiger partial charge in [0, 0.05) is 23.6 Å². The van der Waals surface area contributed by atoms with Gasteiger partial charge in [-0.3, -0.25) is 4.79 Å². The number of halogens is 1. The number of piperidine rings is 1. The lowest BCUT2D eigenvalue weighted by atomic mass is 9.85. The number of hydrogen-bond acceptors (Lipinski definition) is 3. The van der Waals surface area contributed by atoms with E-state index in [1.165, 1.54) is 12.1 Å². The highest BCUT2D eigenvalue weighted by molar-refractivity contribution is 5.98. The van der Waals surface area contributed by atoms with Crippen LogP contribution in [0.15, 0.2) is 24.3 Å². The van der Waals surface area contributed by atoms with Crippen molar-refractivity contribution in [2.45, 2.75) is 64.1 Å². The Bertz CT molecular complexity index is 638. The van der Waals surface area contributed by atoms with Crippen LogP contribution in [-0.2, 0) is 4.74 Å². The molecule has 0 aromatic heterocycles. The average molecular weight is 333 g/mol. The van der Waals surface area contributed by atoms with Gasteiger partial charge >= 0.3 is 6.09 Å². The number of benzene rings is 1. The molecule has 130 valence electrons. The van der Waals surface area contributed by atoms with Crippen molar-refractivity contribution in [3.05, 3.63) is 35.6 Å². The number of ether oxygens (including phenoxy) is 1. The van der Waals surface area contributed by atoms with E-state index in [-0.39, 0.29) is 29.9 Å². The number of carbonyl (C=O) groups is 2. The van der Waals surface area contributed by atoms with E-state index < -0.39 is 11.4 Å². The van der Waals surface area contributed by atoms with Gasteiger partial charge in [-0.05, 0) is 58.6 Å². The molecule has 4 nitrogen and oxygen atoms in total. The highest BCUT2D eigenvalue weighted by Gasteiger charge is 2.46. The Labute approximate surface area is 142 Å². The van der Waals surface area contributed by atoms with Crippen LogP contribution >= 0.6 is 0 Å². The fourth-order valence-corrected chi connectivity index (χ4v) is 3.88. The van der Waals surface area contributed by atoms with Crippen molar-refractivity contribution in [2.75, 3.05) is 0 Å². The predicted molar refractivity (Wildman–Crippen MR) is 88.3 cm³/mol. The van der Waals surface area contributed by atoms with Gasteiger partial charge in [-0.15, -0.1) is 0 Å². The summed E-state index contributed by atoms with van der Waals surface area (Å²) in [7, 11) is 0. The Morgan fingerprint density at radius 1 is 1.17 bits per heavy atom. The van der Waals surface area contributed by atoms with Crippen LogP contribution in [0.25, 0.3) is 0 Å². The molecule has 1 aromatic carbocycles. The number of amides is 1.